The molecular formula is C9H16N2O7S. The van der Waals surface area contributed by atoms with Crippen molar-refractivity contribution in [2.75, 3.05) is 12.4 Å². The van der Waals surface area contributed by atoms with Crippen LogP contribution in [0.4, 0.5) is 0 Å². The molecule has 0 aromatic carbocycles. The zero-order chi connectivity index (χ0) is 15.1. The highest BCUT2D eigenvalue weighted by atomic mass is 32.2. The fraction of sp³-hybridized carbons (Fsp3) is 0.667. The third kappa shape index (κ3) is 8.11. The number of nitrogens with two attached hydrogens (primary N) is 1. The van der Waals surface area contributed by atoms with Crippen molar-refractivity contribution in [1.29, 1.82) is 0 Å². The summed E-state index contributed by atoms with van der Waals surface area (Å²) in [4.78, 5) is 32.3. The van der Waals surface area contributed by atoms with E-state index in [9.17, 15) is 22.8 Å². The molecule has 0 unspecified atom stereocenters. The minimum Gasteiger partial charge on any atom is -0.480 e. The van der Waals surface area contributed by atoms with E-state index in [1.807, 2.05) is 0 Å². The van der Waals surface area contributed by atoms with Crippen molar-refractivity contribution in [3.8, 4) is 0 Å². The number of esters is 1. The molecule has 110 valence electrons. The number of carbonyl (C=O) groups is 3. The highest BCUT2D eigenvalue weighted by molar-refractivity contribution is 7.89. The van der Waals surface area contributed by atoms with Crippen LogP contribution in [0.15, 0.2) is 0 Å². The van der Waals surface area contributed by atoms with Gasteiger partial charge >= 0.3 is 11.9 Å². The standard InChI is InChI=1S/C9H16N2O7S/c1-2-18-8(13)3-4-19(16,17)11-6(9(14)15)5-7(10)12/h6,11H,2-5H2,1H3,(H2,10,12)(H,14,15)/t6-/m0/s1. The van der Waals surface area contributed by atoms with E-state index < -0.39 is 52.5 Å². The van der Waals surface area contributed by atoms with Crippen molar-refractivity contribution in [3.05, 3.63) is 0 Å². The van der Waals surface area contributed by atoms with Crippen molar-refractivity contribution in [2.45, 2.75) is 25.8 Å². The van der Waals surface area contributed by atoms with Gasteiger partial charge in [-0.3, -0.25) is 14.4 Å². The van der Waals surface area contributed by atoms with Crippen molar-refractivity contribution in [3.63, 3.8) is 0 Å². The zero-order valence-electron chi connectivity index (χ0n) is 10.3. The van der Waals surface area contributed by atoms with Gasteiger partial charge in [-0.15, -0.1) is 0 Å². The molecule has 9 nitrogen and oxygen atoms in total. The van der Waals surface area contributed by atoms with Crippen LogP contribution in [0, 0.1) is 0 Å². The SMILES string of the molecule is CCOC(=O)CCS(=O)(=O)N[C@@H](CC(N)=O)C(=O)O. The Hall–Kier alpha value is -1.68. The molecule has 10 heteroatoms. The van der Waals surface area contributed by atoms with Gasteiger partial charge in [0.05, 0.1) is 25.2 Å². The number of primary amides is 1. The molecule has 0 fully saturated rings. The van der Waals surface area contributed by atoms with E-state index >= 15 is 0 Å². The maximum atomic E-state index is 11.5. The Kier molecular flexibility index (Phi) is 7.01. The third-order valence-corrected chi connectivity index (χ3v) is 3.29. The van der Waals surface area contributed by atoms with E-state index in [0.29, 0.717) is 0 Å². The monoisotopic (exact) mass is 296 g/mol. The molecule has 0 bridgehead atoms. The third-order valence-electron chi connectivity index (χ3n) is 1.91. The largest absolute Gasteiger partial charge is 0.480 e. The fourth-order valence-corrected chi connectivity index (χ4v) is 2.28. The molecule has 4 N–H and O–H groups in total. The summed E-state index contributed by atoms with van der Waals surface area (Å²) in [5.41, 5.74) is 4.80. The highest BCUT2D eigenvalue weighted by Crippen LogP contribution is 1.99. The number of carbonyl (C=O) groups excluding carboxylic acids is 2. The summed E-state index contributed by atoms with van der Waals surface area (Å²) in [6.45, 7) is 1.68. The first-order valence-corrected chi connectivity index (χ1v) is 7.00. The molecule has 0 rings (SSSR count). The van der Waals surface area contributed by atoms with Crippen LogP contribution in [-0.2, 0) is 29.1 Å². The van der Waals surface area contributed by atoms with Crippen LogP contribution in [0.25, 0.3) is 0 Å². The van der Waals surface area contributed by atoms with Crippen LogP contribution < -0.4 is 10.5 Å². The van der Waals surface area contributed by atoms with Crippen LogP contribution in [0.1, 0.15) is 19.8 Å². The molecule has 0 spiro atoms. The van der Waals surface area contributed by atoms with Crippen LogP contribution in [0.2, 0.25) is 0 Å². The molecule has 1 atom stereocenters. The average Bonchev–Trinajstić information content (AvgIpc) is 2.25. The summed E-state index contributed by atoms with van der Waals surface area (Å²) in [6, 6.07) is -1.65. The topological polar surface area (TPSA) is 153 Å². The summed E-state index contributed by atoms with van der Waals surface area (Å²) in [6.07, 6.45) is -1.08. The lowest BCUT2D eigenvalue weighted by Crippen LogP contribution is -2.44. The maximum absolute atomic E-state index is 11.5. The summed E-state index contributed by atoms with van der Waals surface area (Å²) < 4.78 is 29.3. The van der Waals surface area contributed by atoms with Gasteiger partial charge in [0.25, 0.3) is 0 Å². The molecular weight excluding hydrogens is 280 g/mol. The van der Waals surface area contributed by atoms with Crippen molar-refractivity contribution >= 4 is 27.9 Å². The molecule has 0 saturated heterocycles. The van der Waals surface area contributed by atoms with Gasteiger partial charge in [0.2, 0.25) is 15.9 Å². The van der Waals surface area contributed by atoms with Crippen molar-refractivity contribution in [1.82, 2.24) is 4.72 Å². The van der Waals surface area contributed by atoms with Gasteiger partial charge in [-0.2, -0.15) is 0 Å². The molecule has 0 aliphatic carbocycles. The molecule has 0 heterocycles. The Labute approximate surface area is 110 Å². The molecule has 19 heavy (non-hydrogen) atoms. The van der Waals surface area contributed by atoms with Crippen molar-refractivity contribution in [2.24, 2.45) is 5.73 Å². The second-order valence-electron chi connectivity index (χ2n) is 3.55. The number of aliphatic carboxylic acids is 1. The number of sulfonamides is 1. The fourth-order valence-electron chi connectivity index (χ4n) is 1.11. The summed E-state index contributed by atoms with van der Waals surface area (Å²) in [5, 5.41) is 8.72. The Balaban J connectivity index is 4.51. The van der Waals surface area contributed by atoms with E-state index in [1.54, 1.807) is 11.6 Å². The smallest absolute Gasteiger partial charge is 0.322 e. The van der Waals surface area contributed by atoms with E-state index in [1.165, 1.54) is 0 Å². The number of hydrogen-bond acceptors (Lipinski definition) is 6. The Morgan fingerprint density at radius 3 is 2.37 bits per heavy atom. The zero-order valence-corrected chi connectivity index (χ0v) is 11.1. The van der Waals surface area contributed by atoms with Gasteiger partial charge in [-0.25, -0.2) is 13.1 Å². The Bertz CT molecular complexity index is 445. The van der Waals surface area contributed by atoms with Gasteiger partial charge in [-0.1, -0.05) is 0 Å². The number of hydrogen-bond donors (Lipinski definition) is 3. The second-order valence-corrected chi connectivity index (χ2v) is 5.43. The number of amides is 1. The average molecular weight is 296 g/mol. The quantitative estimate of drug-likeness (QED) is 0.424. The minimum absolute atomic E-state index is 0.117. The Morgan fingerprint density at radius 2 is 1.95 bits per heavy atom. The van der Waals surface area contributed by atoms with Crippen LogP contribution in [0.3, 0.4) is 0 Å². The number of nitrogens with one attached hydrogen (secondary N) is 1. The Morgan fingerprint density at radius 1 is 1.37 bits per heavy atom. The molecule has 0 aromatic rings. The van der Waals surface area contributed by atoms with Gasteiger partial charge in [0.15, 0.2) is 0 Å². The van der Waals surface area contributed by atoms with E-state index in [2.05, 4.69) is 4.74 Å². The number of carboxylic acid groups (broad SMARTS) is 1. The molecule has 1 amide bonds. The first kappa shape index (κ1) is 17.3. The lowest BCUT2D eigenvalue weighted by molar-refractivity contribution is -0.142. The van der Waals surface area contributed by atoms with Crippen LogP contribution in [-0.4, -0.2) is 49.8 Å². The van der Waals surface area contributed by atoms with E-state index in [-0.39, 0.29) is 6.61 Å². The normalized spacial score (nSPS) is 12.7. The van der Waals surface area contributed by atoms with Gasteiger partial charge < -0.3 is 15.6 Å². The minimum atomic E-state index is -4.02. The molecule has 0 aliphatic rings. The van der Waals surface area contributed by atoms with Crippen molar-refractivity contribution < 1.29 is 32.6 Å². The lowest BCUT2D eigenvalue weighted by atomic mass is 10.2. The van der Waals surface area contributed by atoms with Gasteiger partial charge in [0.1, 0.15) is 6.04 Å². The van der Waals surface area contributed by atoms with Gasteiger partial charge in [0, 0.05) is 0 Å². The molecule has 0 aliphatic heterocycles. The number of ether oxygens (including phenoxy) is 1. The number of carboxylic acids is 1. The molecule has 0 aromatic heterocycles. The molecule has 0 saturated carbocycles. The highest BCUT2D eigenvalue weighted by Gasteiger charge is 2.26. The maximum Gasteiger partial charge on any atom is 0.322 e. The van der Waals surface area contributed by atoms with Crippen LogP contribution >= 0.6 is 0 Å². The molecule has 0 radical (unpaired) electrons. The van der Waals surface area contributed by atoms with Crippen LogP contribution in [0.5, 0.6) is 0 Å². The first-order valence-electron chi connectivity index (χ1n) is 5.34. The van der Waals surface area contributed by atoms with E-state index in [0.717, 1.165) is 0 Å². The summed E-state index contributed by atoms with van der Waals surface area (Å²) >= 11 is 0. The number of rotatable bonds is 9. The lowest BCUT2D eigenvalue weighted by Gasteiger charge is -2.12. The summed E-state index contributed by atoms with van der Waals surface area (Å²) in [5.74, 6) is -3.83. The predicted molar refractivity (Wildman–Crippen MR) is 63.4 cm³/mol. The second kappa shape index (κ2) is 7.69. The van der Waals surface area contributed by atoms with Gasteiger partial charge in [-0.05, 0) is 6.92 Å². The predicted octanol–water partition coefficient (Wildman–Crippen LogP) is -1.81. The summed E-state index contributed by atoms with van der Waals surface area (Å²) in [7, 11) is -4.02. The first-order chi connectivity index (χ1) is 8.68. The van der Waals surface area contributed by atoms with E-state index in [4.69, 9.17) is 10.8 Å².